The number of nitriles is 1. The number of hydrogen-bond donors (Lipinski definition) is 0. The molecule has 1 saturated heterocycles. The van der Waals surface area contributed by atoms with Gasteiger partial charge in [0.25, 0.3) is 0 Å². The molecule has 0 amide bonds. The normalized spacial score (nSPS) is 16.3. The summed E-state index contributed by atoms with van der Waals surface area (Å²) in [5.41, 5.74) is 0.625. The molecule has 7 heteroatoms. The number of unbranched alkanes of at least 4 members (excludes halogenated alkanes) is 2. The average Bonchev–Trinajstić information content (AvgIpc) is 2.66. The summed E-state index contributed by atoms with van der Waals surface area (Å²) in [4.78, 5) is 2.29. The molecule has 1 aromatic rings. The van der Waals surface area contributed by atoms with Crippen molar-refractivity contribution in [3.63, 3.8) is 0 Å². The van der Waals surface area contributed by atoms with Crippen LogP contribution in [0.25, 0.3) is 0 Å². The highest BCUT2D eigenvalue weighted by Gasteiger charge is 2.26. The number of benzene rings is 1. The monoisotopic (exact) mass is 379 g/mol. The predicted octanol–water partition coefficient (Wildman–Crippen LogP) is 2.46. The van der Waals surface area contributed by atoms with Crippen molar-refractivity contribution in [2.24, 2.45) is 0 Å². The molecule has 0 N–H and O–H groups in total. The molecule has 0 spiro atoms. The van der Waals surface area contributed by atoms with Crippen LogP contribution in [0.2, 0.25) is 0 Å². The molecule has 1 fully saturated rings. The fourth-order valence-electron chi connectivity index (χ4n) is 3.00. The maximum atomic E-state index is 12.3. The van der Waals surface area contributed by atoms with Crippen LogP contribution in [0, 0.1) is 11.3 Å². The van der Waals surface area contributed by atoms with E-state index >= 15 is 0 Å². The van der Waals surface area contributed by atoms with E-state index in [1.165, 1.54) is 0 Å². The standard InChI is InChI=1S/C19H29N3O3S/c1-2-3-4-16-26(23,24)22-13-11-21(12-14-22)10-5-15-25-19-8-6-18(17-20)7-9-19/h6-9H,2-5,10-16H2,1H3. The van der Waals surface area contributed by atoms with Gasteiger partial charge in [-0.25, -0.2) is 8.42 Å². The van der Waals surface area contributed by atoms with Crippen LogP contribution in [0.15, 0.2) is 24.3 Å². The van der Waals surface area contributed by atoms with Gasteiger partial charge in [0.05, 0.1) is 24.0 Å². The fraction of sp³-hybridized carbons (Fsp3) is 0.632. The first-order valence-corrected chi connectivity index (χ1v) is 11.0. The van der Waals surface area contributed by atoms with E-state index in [0.717, 1.165) is 51.1 Å². The van der Waals surface area contributed by atoms with Crippen LogP contribution in [0.3, 0.4) is 0 Å². The Labute approximate surface area is 157 Å². The molecule has 0 aliphatic carbocycles. The smallest absolute Gasteiger partial charge is 0.214 e. The van der Waals surface area contributed by atoms with Crippen LogP contribution in [0.4, 0.5) is 0 Å². The number of hydrogen-bond acceptors (Lipinski definition) is 5. The van der Waals surface area contributed by atoms with Crippen molar-refractivity contribution in [1.82, 2.24) is 9.21 Å². The van der Waals surface area contributed by atoms with Crippen molar-refractivity contribution in [2.45, 2.75) is 32.6 Å². The summed E-state index contributed by atoms with van der Waals surface area (Å²) in [7, 11) is -3.09. The van der Waals surface area contributed by atoms with Crippen LogP contribution in [0.1, 0.15) is 38.2 Å². The summed E-state index contributed by atoms with van der Waals surface area (Å²) in [6.45, 7) is 6.33. The Balaban J connectivity index is 1.63. The lowest BCUT2D eigenvalue weighted by Gasteiger charge is -2.34. The first-order chi connectivity index (χ1) is 12.5. The van der Waals surface area contributed by atoms with Gasteiger partial charge in [0.15, 0.2) is 0 Å². The Hall–Kier alpha value is -1.62. The number of ether oxygens (including phenoxy) is 1. The van der Waals surface area contributed by atoms with E-state index in [9.17, 15) is 8.42 Å². The third-order valence-electron chi connectivity index (χ3n) is 4.60. The molecule has 0 saturated carbocycles. The third-order valence-corrected chi connectivity index (χ3v) is 6.56. The van der Waals surface area contributed by atoms with Crippen molar-refractivity contribution < 1.29 is 13.2 Å². The first kappa shape index (κ1) is 20.7. The van der Waals surface area contributed by atoms with Crippen molar-refractivity contribution in [2.75, 3.05) is 45.1 Å². The zero-order valence-electron chi connectivity index (χ0n) is 15.6. The van der Waals surface area contributed by atoms with Gasteiger partial charge in [0.2, 0.25) is 10.0 Å². The van der Waals surface area contributed by atoms with Gasteiger partial charge in [-0.1, -0.05) is 19.8 Å². The Kier molecular flexibility index (Phi) is 8.36. The SMILES string of the molecule is CCCCCS(=O)(=O)N1CCN(CCCOc2ccc(C#N)cc2)CC1. The highest BCUT2D eigenvalue weighted by molar-refractivity contribution is 7.89. The summed E-state index contributed by atoms with van der Waals surface area (Å²) in [5, 5.41) is 8.77. The summed E-state index contributed by atoms with van der Waals surface area (Å²) in [5.74, 6) is 1.05. The molecular weight excluding hydrogens is 350 g/mol. The largest absolute Gasteiger partial charge is 0.494 e. The maximum Gasteiger partial charge on any atom is 0.214 e. The van der Waals surface area contributed by atoms with Crippen LogP contribution >= 0.6 is 0 Å². The molecule has 1 aliphatic heterocycles. The molecule has 0 unspecified atom stereocenters. The number of nitrogens with zero attached hydrogens (tertiary/aromatic N) is 3. The van der Waals surface area contributed by atoms with E-state index in [1.807, 2.05) is 0 Å². The number of sulfonamides is 1. The second-order valence-corrected chi connectivity index (χ2v) is 8.69. The minimum atomic E-state index is -3.09. The molecule has 26 heavy (non-hydrogen) atoms. The van der Waals surface area contributed by atoms with Crippen LogP contribution < -0.4 is 4.74 Å². The van der Waals surface area contributed by atoms with Gasteiger partial charge in [-0.3, -0.25) is 0 Å². The summed E-state index contributed by atoms with van der Waals surface area (Å²) >= 11 is 0. The molecule has 1 heterocycles. The number of rotatable bonds is 10. The van der Waals surface area contributed by atoms with Gasteiger partial charge in [-0.2, -0.15) is 9.57 Å². The molecule has 0 atom stereocenters. The lowest BCUT2D eigenvalue weighted by atomic mass is 10.2. The van der Waals surface area contributed by atoms with E-state index in [4.69, 9.17) is 10.00 Å². The molecule has 0 bridgehead atoms. The zero-order chi connectivity index (χ0) is 18.8. The van der Waals surface area contributed by atoms with Gasteiger partial charge in [-0.15, -0.1) is 0 Å². The fourth-order valence-corrected chi connectivity index (χ4v) is 4.55. The highest BCUT2D eigenvalue weighted by atomic mass is 32.2. The van der Waals surface area contributed by atoms with Gasteiger partial charge < -0.3 is 9.64 Å². The van der Waals surface area contributed by atoms with Crippen LogP contribution in [-0.4, -0.2) is 62.7 Å². The van der Waals surface area contributed by atoms with Gasteiger partial charge in [0.1, 0.15) is 5.75 Å². The highest BCUT2D eigenvalue weighted by Crippen LogP contribution is 2.13. The van der Waals surface area contributed by atoms with Crippen molar-refractivity contribution in [3.8, 4) is 11.8 Å². The maximum absolute atomic E-state index is 12.3. The quantitative estimate of drug-likeness (QED) is 0.584. The minimum absolute atomic E-state index is 0.277. The van der Waals surface area contributed by atoms with E-state index < -0.39 is 10.0 Å². The van der Waals surface area contributed by atoms with Gasteiger partial charge in [-0.05, 0) is 37.1 Å². The molecule has 1 aliphatic rings. The Morgan fingerprint density at radius 1 is 1.08 bits per heavy atom. The summed E-state index contributed by atoms with van der Waals surface area (Å²) in [6, 6.07) is 9.19. The molecule has 6 nitrogen and oxygen atoms in total. The molecule has 1 aromatic carbocycles. The average molecular weight is 380 g/mol. The second-order valence-electron chi connectivity index (χ2n) is 6.60. The number of piperazine rings is 1. The van der Waals surface area contributed by atoms with Crippen LogP contribution in [0.5, 0.6) is 5.75 Å². The Morgan fingerprint density at radius 3 is 2.38 bits per heavy atom. The van der Waals surface area contributed by atoms with Crippen molar-refractivity contribution in [3.05, 3.63) is 29.8 Å². The van der Waals surface area contributed by atoms with E-state index in [0.29, 0.717) is 25.3 Å². The third kappa shape index (κ3) is 6.60. The van der Waals surface area contributed by atoms with E-state index in [-0.39, 0.29) is 5.75 Å². The molecular formula is C19H29N3O3S. The van der Waals surface area contributed by atoms with Crippen molar-refractivity contribution >= 4 is 10.0 Å². The Morgan fingerprint density at radius 2 is 1.77 bits per heavy atom. The van der Waals surface area contributed by atoms with Gasteiger partial charge >= 0.3 is 0 Å². The van der Waals surface area contributed by atoms with Crippen molar-refractivity contribution in [1.29, 1.82) is 5.26 Å². The molecule has 0 radical (unpaired) electrons. The molecule has 2 rings (SSSR count). The lowest BCUT2D eigenvalue weighted by Crippen LogP contribution is -2.49. The summed E-state index contributed by atoms with van der Waals surface area (Å²) in [6.07, 6.45) is 3.65. The first-order valence-electron chi connectivity index (χ1n) is 9.38. The molecule has 144 valence electrons. The lowest BCUT2D eigenvalue weighted by molar-refractivity contribution is 0.174. The van der Waals surface area contributed by atoms with Crippen LogP contribution in [-0.2, 0) is 10.0 Å². The van der Waals surface area contributed by atoms with Gasteiger partial charge in [0, 0.05) is 32.7 Å². The zero-order valence-corrected chi connectivity index (χ0v) is 16.4. The van der Waals surface area contributed by atoms with E-state index in [1.54, 1.807) is 28.6 Å². The Bertz CT molecular complexity index is 675. The predicted molar refractivity (Wildman–Crippen MR) is 103 cm³/mol. The molecule has 0 aromatic heterocycles. The summed E-state index contributed by atoms with van der Waals surface area (Å²) < 4.78 is 31.9. The topological polar surface area (TPSA) is 73.6 Å². The van der Waals surface area contributed by atoms with E-state index in [2.05, 4.69) is 17.9 Å². The second kappa shape index (κ2) is 10.5. The minimum Gasteiger partial charge on any atom is -0.494 e.